The second kappa shape index (κ2) is 6.85. The van der Waals surface area contributed by atoms with E-state index in [4.69, 9.17) is 4.42 Å². The first-order valence-electron chi connectivity index (χ1n) is 7.79. The van der Waals surface area contributed by atoms with Gasteiger partial charge in [-0.3, -0.25) is 4.79 Å². The number of methoxy groups -OCH3 is 1. The molecule has 2 aromatic heterocycles. The normalized spacial score (nSPS) is 15.4. The van der Waals surface area contributed by atoms with Crippen LogP contribution in [0, 0.1) is 0 Å². The van der Waals surface area contributed by atoms with Crippen LogP contribution in [0.5, 0.6) is 0 Å². The maximum absolute atomic E-state index is 12.6. The summed E-state index contributed by atoms with van der Waals surface area (Å²) in [5.74, 6) is -0.256. The van der Waals surface area contributed by atoms with Crippen LogP contribution in [0.4, 0.5) is 0 Å². The standard InChI is InChI=1S/C16H18N2O6S/c1-23-16(20)14-6-4-12(24-14)10-17-11-13(5-7-15(17)19)25(21,22)18-8-2-3-9-18/h4-7,11H,2-3,8-10H2,1H3. The van der Waals surface area contributed by atoms with Crippen molar-refractivity contribution in [2.45, 2.75) is 24.3 Å². The van der Waals surface area contributed by atoms with E-state index in [1.165, 1.54) is 40.4 Å². The molecule has 9 heteroatoms. The fourth-order valence-corrected chi connectivity index (χ4v) is 4.24. The Balaban J connectivity index is 1.88. The van der Waals surface area contributed by atoms with Crippen LogP contribution in [0.1, 0.15) is 29.2 Å². The van der Waals surface area contributed by atoms with Gasteiger partial charge in [0, 0.05) is 25.4 Å². The van der Waals surface area contributed by atoms with E-state index in [2.05, 4.69) is 4.74 Å². The van der Waals surface area contributed by atoms with Gasteiger partial charge in [0.15, 0.2) is 0 Å². The quantitative estimate of drug-likeness (QED) is 0.734. The second-order valence-electron chi connectivity index (χ2n) is 5.70. The Labute approximate surface area is 144 Å². The summed E-state index contributed by atoms with van der Waals surface area (Å²) in [5, 5.41) is 0. The zero-order valence-corrected chi connectivity index (χ0v) is 14.5. The van der Waals surface area contributed by atoms with Crippen LogP contribution >= 0.6 is 0 Å². The van der Waals surface area contributed by atoms with E-state index in [0.29, 0.717) is 18.8 Å². The van der Waals surface area contributed by atoms with Crippen LogP contribution < -0.4 is 5.56 Å². The number of esters is 1. The van der Waals surface area contributed by atoms with Gasteiger partial charge in [-0.2, -0.15) is 4.31 Å². The Kier molecular flexibility index (Phi) is 4.78. The van der Waals surface area contributed by atoms with Gasteiger partial charge < -0.3 is 13.7 Å². The highest BCUT2D eigenvalue weighted by Gasteiger charge is 2.27. The van der Waals surface area contributed by atoms with Crippen molar-refractivity contribution in [3.05, 3.63) is 52.3 Å². The molecule has 3 rings (SSSR count). The number of hydrogen-bond donors (Lipinski definition) is 0. The van der Waals surface area contributed by atoms with Gasteiger partial charge in [0.25, 0.3) is 5.56 Å². The van der Waals surface area contributed by atoms with E-state index >= 15 is 0 Å². The molecule has 0 aliphatic carbocycles. The first-order chi connectivity index (χ1) is 11.9. The molecule has 0 unspecified atom stereocenters. The minimum absolute atomic E-state index is 0.0131. The summed E-state index contributed by atoms with van der Waals surface area (Å²) in [4.78, 5) is 23.5. The van der Waals surface area contributed by atoms with Gasteiger partial charge in [0.05, 0.1) is 18.6 Å². The summed E-state index contributed by atoms with van der Waals surface area (Å²) in [6.45, 7) is 0.990. The third-order valence-corrected chi connectivity index (χ3v) is 5.92. The van der Waals surface area contributed by atoms with Crippen LogP contribution in [-0.4, -0.2) is 43.5 Å². The summed E-state index contributed by atoms with van der Waals surface area (Å²) in [7, 11) is -2.38. The average Bonchev–Trinajstić information content (AvgIpc) is 3.28. The van der Waals surface area contributed by atoms with Crippen molar-refractivity contribution in [3.63, 3.8) is 0 Å². The zero-order valence-electron chi connectivity index (χ0n) is 13.7. The molecule has 0 aromatic carbocycles. The molecule has 0 atom stereocenters. The molecule has 1 saturated heterocycles. The predicted octanol–water partition coefficient (Wildman–Crippen LogP) is 1.06. The first-order valence-corrected chi connectivity index (χ1v) is 9.23. The molecule has 0 saturated carbocycles. The monoisotopic (exact) mass is 366 g/mol. The first kappa shape index (κ1) is 17.4. The molecule has 1 aliphatic rings. The lowest BCUT2D eigenvalue weighted by atomic mass is 10.4. The van der Waals surface area contributed by atoms with E-state index in [1.807, 2.05) is 0 Å². The molecule has 134 valence electrons. The molecule has 3 heterocycles. The molecule has 8 nitrogen and oxygen atoms in total. The number of ether oxygens (including phenoxy) is 1. The Morgan fingerprint density at radius 3 is 2.60 bits per heavy atom. The number of nitrogens with zero attached hydrogens (tertiary/aromatic N) is 2. The average molecular weight is 366 g/mol. The van der Waals surface area contributed by atoms with Crippen molar-refractivity contribution in [3.8, 4) is 0 Å². The minimum atomic E-state index is -3.61. The maximum Gasteiger partial charge on any atom is 0.373 e. The number of rotatable bonds is 5. The lowest BCUT2D eigenvalue weighted by Gasteiger charge is -2.16. The smallest absolute Gasteiger partial charge is 0.373 e. The number of carbonyl (C=O) groups is 1. The van der Waals surface area contributed by atoms with E-state index in [-0.39, 0.29) is 22.8 Å². The number of aromatic nitrogens is 1. The van der Waals surface area contributed by atoms with Gasteiger partial charge in [-0.05, 0) is 31.0 Å². The predicted molar refractivity (Wildman–Crippen MR) is 87.8 cm³/mol. The van der Waals surface area contributed by atoms with Crippen molar-refractivity contribution < 1.29 is 22.4 Å². The molecule has 2 aromatic rings. The van der Waals surface area contributed by atoms with E-state index in [9.17, 15) is 18.0 Å². The van der Waals surface area contributed by atoms with Crippen molar-refractivity contribution in [1.82, 2.24) is 8.87 Å². The number of furan rings is 1. The molecular weight excluding hydrogens is 348 g/mol. The molecule has 0 spiro atoms. The van der Waals surface area contributed by atoms with Gasteiger partial charge in [-0.25, -0.2) is 13.2 Å². The maximum atomic E-state index is 12.6. The molecule has 25 heavy (non-hydrogen) atoms. The molecule has 0 bridgehead atoms. The molecular formula is C16H18N2O6S. The summed E-state index contributed by atoms with van der Waals surface area (Å²) in [6.07, 6.45) is 2.97. The van der Waals surface area contributed by atoms with Crippen LogP contribution in [-0.2, 0) is 21.3 Å². The van der Waals surface area contributed by atoms with Crippen molar-refractivity contribution >= 4 is 16.0 Å². The fraction of sp³-hybridized carbons (Fsp3) is 0.375. The van der Waals surface area contributed by atoms with Crippen molar-refractivity contribution in [1.29, 1.82) is 0 Å². The number of hydrogen-bond acceptors (Lipinski definition) is 6. The lowest BCUT2D eigenvalue weighted by molar-refractivity contribution is 0.0563. The van der Waals surface area contributed by atoms with Crippen molar-refractivity contribution in [2.75, 3.05) is 20.2 Å². The Bertz CT molecular complexity index is 938. The summed E-state index contributed by atoms with van der Waals surface area (Å²) in [5.41, 5.74) is -0.364. The third-order valence-electron chi connectivity index (χ3n) is 4.03. The van der Waals surface area contributed by atoms with E-state index in [0.717, 1.165) is 12.8 Å². The van der Waals surface area contributed by atoms with Crippen LogP contribution in [0.3, 0.4) is 0 Å². The number of pyridine rings is 1. The van der Waals surface area contributed by atoms with Gasteiger partial charge in [0.2, 0.25) is 15.8 Å². The largest absolute Gasteiger partial charge is 0.463 e. The molecule has 0 radical (unpaired) electrons. The highest BCUT2D eigenvalue weighted by Crippen LogP contribution is 2.20. The number of sulfonamides is 1. The Morgan fingerprint density at radius 1 is 1.20 bits per heavy atom. The third kappa shape index (κ3) is 3.52. The van der Waals surface area contributed by atoms with Crippen LogP contribution in [0.25, 0.3) is 0 Å². The lowest BCUT2D eigenvalue weighted by Crippen LogP contribution is -2.29. The minimum Gasteiger partial charge on any atom is -0.463 e. The molecule has 1 aliphatic heterocycles. The topological polar surface area (TPSA) is 98.8 Å². The van der Waals surface area contributed by atoms with Crippen LogP contribution in [0.15, 0.2) is 44.6 Å². The highest BCUT2D eigenvalue weighted by atomic mass is 32.2. The molecule has 1 fully saturated rings. The van der Waals surface area contributed by atoms with Gasteiger partial charge >= 0.3 is 5.97 Å². The highest BCUT2D eigenvalue weighted by molar-refractivity contribution is 7.89. The zero-order chi connectivity index (χ0) is 18.0. The molecule has 0 N–H and O–H groups in total. The Morgan fingerprint density at radius 2 is 1.92 bits per heavy atom. The molecule has 0 amide bonds. The van der Waals surface area contributed by atoms with Gasteiger partial charge in [0.1, 0.15) is 5.76 Å². The SMILES string of the molecule is COC(=O)c1ccc(Cn2cc(S(=O)(=O)N3CCCC3)ccc2=O)o1. The van der Waals surface area contributed by atoms with Gasteiger partial charge in [-0.15, -0.1) is 0 Å². The summed E-state index contributed by atoms with van der Waals surface area (Å²) < 4.78 is 37.8. The van der Waals surface area contributed by atoms with Crippen LogP contribution in [0.2, 0.25) is 0 Å². The van der Waals surface area contributed by atoms with Crippen molar-refractivity contribution in [2.24, 2.45) is 0 Å². The van der Waals surface area contributed by atoms with E-state index < -0.39 is 16.0 Å². The Hall–Kier alpha value is -2.39. The fourth-order valence-electron chi connectivity index (χ4n) is 2.70. The second-order valence-corrected chi connectivity index (χ2v) is 7.64. The summed E-state index contributed by atoms with van der Waals surface area (Å²) >= 11 is 0. The number of carbonyl (C=O) groups excluding carboxylic acids is 1. The van der Waals surface area contributed by atoms with Gasteiger partial charge in [-0.1, -0.05) is 0 Å². The van der Waals surface area contributed by atoms with E-state index in [1.54, 1.807) is 6.07 Å². The summed E-state index contributed by atoms with van der Waals surface area (Å²) in [6, 6.07) is 5.51.